The van der Waals surface area contributed by atoms with Crippen molar-refractivity contribution in [1.29, 1.82) is 0 Å². The quantitative estimate of drug-likeness (QED) is 0.615. The number of hydrogen-bond donors (Lipinski definition) is 1. The van der Waals surface area contributed by atoms with Crippen LogP contribution in [0.4, 0.5) is 0 Å². The summed E-state index contributed by atoms with van der Waals surface area (Å²) in [6.07, 6.45) is 1.13. The normalized spacial score (nSPS) is 37.0. The third-order valence-corrected chi connectivity index (χ3v) is 2.71. The summed E-state index contributed by atoms with van der Waals surface area (Å²) in [6.45, 7) is 6.80. The van der Waals surface area contributed by atoms with Gasteiger partial charge in [0.2, 0.25) is 0 Å². The van der Waals surface area contributed by atoms with Crippen molar-refractivity contribution in [2.24, 2.45) is 11.8 Å². The highest BCUT2D eigenvalue weighted by Crippen LogP contribution is 2.46. The second-order valence-electron chi connectivity index (χ2n) is 4.99. The Morgan fingerprint density at radius 3 is 2.62 bits per heavy atom. The monoisotopic (exact) mass is 183 g/mol. The summed E-state index contributed by atoms with van der Waals surface area (Å²) in [5.74, 6) is 0.692. The fraction of sp³-hybridized carbons (Fsp3) is 0.900. The van der Waals surface area contributed by atoms with Crippen LogP contribution in [-0.2, 0) is 9.53 Å². The fourth-order valence-electron chi connectivity index (χ4n) is 2.12. The predicted molar refractivity (Wildman–Crippen MR) is 49.2 cm³/mol. The van der Waals surface area contributed by atoms with Crippen molar-refractivity contribution in [2.45, 2.75) is 38.8 Å². The summed E-state index contributed by atoms with van der Waals surface area (Å²) in [6, 6.07) is 0.426. The predicted octanol–water partition coefficient (Wildman–Crippen LogP) is 0.936. The molecule has 1 saturated carbocycles. The molecule has 2 aliphatic rings. The van der Waals surface area contributed by atoms with Gasteiger partial charge in [-0.2, -0.15) is 0 Å². The summed E-state index contributed by atoms with van der Waals surface area (Å²) >= 11 is 0. The molecule has 2 rings (SSSR count). The van der Waals surface area contributed by atoms with Crippen LogP contribution in [0.3, 0.4) is 0 Å². The Balaban J connectivity index is 1.87. The minimum absolute atomic E-state index is 0.0188. The van der Waals surface area contributed by atoms with E-state index in [0.717, 1.165) is 13.0 Å². The number of fused-ring (bicyclic) bond motifs is 1. The number of hydrogen-bond acceptors (Lipinski definition) is 3. The van der Waals surface area contributed by atoms with E-state index >= 15 is 0 Å². The third kappa shape index (κ3) is 1.70. The summed E-state index contributed by atoms with van der Waals surface area (Å²) in [5, 5.41) is 3.31. The lowest BCUT2D eigenvalue weighted by molar-refractivity contribution is -0.157. The van der Waals surface area contributed by atoms with Gasteiger partial charge in [-0.25, -0.2) is 0 Å². The maximum absolute atomic E-state index is 11.6. The summed E-state index contributed by atoms with van der Waals surface area (Å²) < 4.78 is 5.32. The highest BCUT2D eigenvalue weighted by Gasteiger charge is 2.58. The molecule has 0 spiro atoms. The van der Waals surface area contributed by atoms with Crippen LogP contribution in [0.15, 0.2) is 0 Å². The Morgan fingerprint density at radius 1 is 1.46 bits per heavy atom. The molecule has 0 aromatic rings. The molecule has 74 valence electrons. The molecule has 1 saturated heterocycles. The SMILES string of the molecule is CC(C)(C)OC(=O)[C@@H]1[C@H]2CCN[C@H]21. The second-order valence-corrected chi connectivity index (χ2v) is 4.99. The second kappa shape index (κ2) is 2.71. The number of rotatable bonds is 1. The molecule has 3 atom stereocenters. The zero-order valence-corrected chi connectivity index (χ0v) is 8.46. The number of nitrogens with one attached hydrogen (secondary N) is 1. The molecule has 0 bridgehead atoms. The first-order chi connectivity index (χ1) is 5.99. The topological polar surface area (TPSA) is 38.3 Å². The molecule has 0 aromatic heterocycles. The van der Waals surface area contributed by atoms with Crippen LogP contribution >= 0.6 is 0 Å². The minimum atomic E-state index is -0.339. The van der Waals surface area contributed by atoms with Gasteiger partial charge in [0.1, 0.15) is 5.60 Å². The first-order valence-electron chi connectivity index (χ1n) is 4.95. The Kier molecular flexibility index (Phi) is 1.88. The molecular weight excluding hydrogens is 166 g/mol. The van der Waals surface area contributed by atoms with Gasteiger partial charge in [0.15, 0.2) is 0 Å². The standard InChI is InChI=1S/C10H17NO2/c1-10(2,3)13-9(12)7-6-4-5-11-8(6)7/h6-8,11H,4-5H2,1-3H3/t6-,7-,8-/m1/s1. The van der Waals surface area contributed by atoms with E-state index in [9.17, 15) is 4.79 Å². The molecule has 0 aromatic carbocycles. The highest BCUT2D eigenvalue weighted by molar-refractivity contribution is 5.78. The highest BCUT2D eigenvalue weighted by atomic mass is 16.6. The van der Waals surface area contributed by atoms with Crippen molar-refractivity contribution in [2.75, 3.05) is 6.54 Å². The van der Waals surface area contributed by atoms with Crippen LogP contribution in [0.5, 0.6) is 0 Å². The van der Waals surface area contributed by atoms with Crippen LogP contribution in [-0.4, -0.2) is 24.2 Å². The molecule has 0 radical (unpaired) electrons. The Morgan fingerprint density at radius 2 is 2.15 bits per heavy atom. The number of piperidine rings is 1. The van der Waals surface area contributed by atoms with Crippen molar-refractivity contribution >= 4 is 5.97 Å². The van der Waals surface area contributed by atoms with E-state index in [4.69, 9.17) is 4.74 Å². The van der Waals surface area contributed by atoms with Crippen molar-refractivity contribution in [1.82, 2.24) is 5.32 Å². The molecule has 2 fully saturated rings. The van der Waals surface area contributed by atoms with Crippen molar-refractivity contribution in [3.8, 4) is 0 Å². The van der Waals surface area contributed by atoms with E-state index in [1.165, 1.54) is 0 Å². The van der Waals surface area contributed by atoms with Gasteiger partial charge < -0.3 is 10.1 Å². The molecular formula is C10H17NO2. The lowest BCUT2D eigenvalue weighted by atomic mass is 10.2. The maximum atomic E-state index is 11.6. The molecule has 0 amide bonds. The van der Waals surface area contributed by atoms with E-state index in [0.29, 0.717) is 12.0 Å². The van der Waals surface area contributed by atoms with Gasteiger partial charge in [0.25, 0.3) is 0 Å². The zero-order valence-electron chi connectivity index (χ0n) is 8.46. The summed E-state index contributed by atoms with van der Waals surface area (Å²) in [5.41, 5.74) is -0.339. The Labute approximate surface area is 78.8 Å². The van der Waals surface area contributed by atoms with Crippen molar-refractivity contribution in [3.05, 3.63) is 0 Å². The molecule has 1 aliphatic heterocycles. The van der Waals surface area contributed by atoms with Crippen LogP contribution < -0.4 is 5.32 Å². The number of carbonyl (C=O) groups is 1. The van der Waals surface area contributed by atoms with Gasteiger partial charge in [-0.05, 0) is 39.7 Å². The van der Waals surface area contributed by atoms with Gasteiger partial charge in [0, 0.05) is 6.04 Å². The van der Waals surface area contributed by atoms with Gasteiger partial charge in [-0.15, -0.1) is 0 Å². The van der Waals surface area contributed by atoms with Gasteiger partial charge in [0.05, 0.1) is 5.92 Å². The summed E-state index contributed by atoms with van der Waals surface area (Å²) in [4.78, 5) is 11.6. The van der Waals surface area contributed by atoms with Crippen LogP contribution in [0, 0.1) is 11.8 Å². The maximum Gasteiger partial charge on any atom is 0.311 e. The molecule has 3 heteroatoms. The van der Waals surface area contributed by atoms with Crippen LogP contribution in [0.1, 0.15) is 27.2 Å². The van der Waals surface area contributed by atoms with Crippen molar-refractivity contribution in [3.63, 3.8) is 0 Å². The smallest absolute Gasteiger partial charge is 0.311 e. The van der Waals surface area contributed by atoms with Gasteiger partial charge in [-0.3, -0.25) is 4.79 Å². The van der Waals surface area contributed by atoms with Gasteiger partial charge >= 0.3 is 5.97 Å². The van der Waals surface area contributed by atoms with Crippen molar-refractivity contribution < 1.29 is 9.53 Å². The lowest BCUT2D eigenvalue weighted by Gasteiger charge is -2.20. The molecule has 3 nitrogen and oxygen atoms in total. The van der Waals surface area contributed by atoms with E-state index in [2.05, 4.69) is 5.32 Å². The third-order valence-electron chi connectivity index (χ3n) is 2.71. The Bertz CT molecular complexity index is 222. The van der Waals surface area contributed by atoms with E-state index < -0.39 is 0 Å². The Hall–Kier alpha value is -0.570. The van der Waals surface area contributed by atoms with Gasteiger partial charge in [-0.1, -0.05) is 0 Å². The zero-order chi connectivity index (χ0) is 9.64. The average Bonchev–Trinajstić information content (AvgIpc) is 2.44. The molecule has 1 heterocycles. The lowest BCUT2D eigenvalue weighted by Crippen LogP contribution is -2.28. The molecule has 0 unspecified atom stereocenters. The fourth-order valence-corrected chi connectivity index (χ4v) is 2.12. The summed E-state index contributed by atoms with van der Waals surface area (Å²) in [7, 11) is 0. The molecule has 1 N–H and O–H groups in total. The largest absolute Gasteiger partial charge is 0.460 e. The first kappa shape index (κ1) is 9.00. The first-order valence-corrected chi connectivity index (χ1v) is 4.95. The molecule has 13 heavy (non-hydrogen) atoms. The van der Waals surface area contributed by atoms with E-state index in [-0.39, 0.29) is 17.5 Å². The van der Waals surface area contributed by atoms with Crippen LogP contribution in [0.2, 0.25) is 0 Å². The van der Waals surface area contributed by atoms with E-state index in [1.807, 2.05) is 20.8 Å². The number of ether oxygens (including phenoxy) is 1. The minimum Gasteiger partial charge on any atom is -0.460 e. The number of carbonyl (C=O) groups excluding carboxylic acids is 1. The van der Waals surface area contributed by atoms with E-state index in [1.54, 1.807) is 0 Å². The number of esters is 1. The average molecular weight is 183 g/mol. The van der Waals surface area contributed by atoms with Crippen LogP contribution in [0.25, 0.3) is 0 Å². The molecule has 1 aliphatic carbocycles.